The molecule has 0 unspecified atom stereocenters. The van der Waals surface area contributed by atoms with E-state index in [9.17, 15) is 0 Å². The molecule has 11 aromatic carbocycles. The van der Waals surface area contributed by atoms with Crippen LogP contribution in [0.5, 0.6) is 0 Å². The average Bonchev–Trinajstić information content (AvgIpc) is 3.40. The summed E-state index contributed by atoms with van der Waals surface area (Å²) in [6, 6.07) is 96.4. The zero-order chi connectivity index (χ0) is 44.1. The van der Waals surface area contributed by atoms with Crippen LogP contribution in [0.1, 0.15) is 33.4 Å². The lowest BCUT2D eigenvalue weighted by molar-refractivity contribution is 1.55. The summed E-state index contributed by atoms with van der Waals surface area (Å²) >= 11 is 0. The molecule has 0 aliphatic rings. The van der Waals surface area contributed by atoms with Crippen LogP contribution in [0.3, 0.4) is 0 Å². The minimum absolute atomic E-state index is 1.17. The lowest BCUT2D eigenvalue weighted by Crippen LogP contribution is -1.91. The van der Waals surface area contributed by atoms with Crippen molar-refractivity contribution in [3.05, 3.63) is 300 Å². The first-order valence-corrected chi connectivity index (χ1v) is 22.7. The molecule has 310 valence electrons. The van der Waals surface area contributed by atoms with Crippen molar-refractivity contribution in [2.24, 2.45) is 0 Å². The Morgan fingerprint density at radius 1 is 0.197 bits per heavy atom. The fraction of sp³-hybridized carbons (Fsp3) is 0. The maximum Gasteiger partial charge on any atom is -0.00264 e. The fourth-order valence-corrected chi connectivity index (χ4v) is 9.42. The standard InChI is InChI=1S/C66H46/c1-5-17-53(18-6-1)63(54-19-7-2-8-20-54)45-47-29-33-49(34-30-47)51-37-41-57(42-38-51)65-59-25-13-15-27-61(59)66(62-28-16-14-26-60(62)65)58-43-39-52(40-44-58)50-35-31-48(32-36-50)46-64(55-21-9-3-10-22-55)56-23-11-4-12-24-56/h1-46H. The molecule has 66 heavy (non-hydrogen) atoms. The van der Waals surface area contributed by atoms with Crippen molar-refractivity contribution >= 4 is 44.8 Å². The highest BCUT2D eigenvalue weighted by atomic mass is 14.2. The van der Waals surface area contributed by atoms with Gasteiger partial charge in [-0.1, -0.05) is 267 Å². The van der Waals surface area contributed by atoms with Crippen LogP contribution in [-0.4, -0.2) is 0 Å². The molecule has 0 nitrogen and oxygen atoms in total. The van der Waals surface area contributed by atoms with Crippen molar-refractivity contribution in [2.75, 3.05) is 0 Å². The van der Waals surface area contributed by atoms with Gasteiger partial charge in [0.25, 0.3) is 0 Å². The van der Waals surface area contributed by atoms with Gasteiger partial charge in [0.05, 0.1) is 0 Å². The Hall–Kier alpha value is -8.58. The Morgan fingerprint density at radius 2 is 0.409 bits per heavy atom. The summed E-state index contributed by atoms with van der Waals surface area (Å²) in [4.78, 5) is 0. The van der Waals surface area contributed by atoms with Gasteiger partial charge in [0.15, 0.2) is 0 Å². The third-order valence-electron chi connectivity index (χ3n) is 12.7. The molecule has 0 aliphatic carbocycles. The number of fused-ring (bicyclic) bond motifs is 2. The molecule has 0 heteroatoms. The summed E-state index contributed by atoms with van der Waals surface area (Å²) < 4.78 is 0. The first-order valence-electron chi connectivity index (χ1n) is 22.7. The highest BCUT2D eigenvalue weighted by Gasteiger charge is 2.17. The third kappa shape index (κ3) is 8.21. The van der Waals surface area contributed by atoms with Crippen molar-refractivity contribution < 1.29 is 0 Å². The van der Waals surface area contributed by atoms with Crippen LogP contribution in [0.15, 0.2) is 267 Å². The molecule has 0 fully saturated rings. The minimum Gasteiger partial charge on any atom is -0.0622 e. The molecule has 0 spiro atoms. The van der Waals surface area contributed by atoms with E-state index in [0.29, 0.717) is 0 Å². The van der Waals surface area contributed by atoms with E-state index in [1.54, 1.807) is 0 Å². The second kappa shape index (κ2) is 18.3. The number of hydrogen-bond donors (Lipinski definition) is 0. The summed E-state index contributed by atoms with van der Waals surface area (Å²) in [6.07, 6.45) is 4.58. The topological polar surface area (TPSA) is 0 Å². The molecule has 11 aromatic rings. The highest BCUT2D eigenvalue weighted by molar-refractivity contribution is 6.21. The minimum atomic E-state index is 1.17. The Kier molecular flexibility index (Phi) is 11.1. The molecule has 11 rings (SSSR count). The van der Waals surface area contributed by atoms with E-state index >= 15 is 0 Å². The molecule has 0 atom stereocenters. The molecule has 0 saturated heterocycles. The van der Waals surface area contributed by atoms with Crippen molar-refractivity contribution in [1.82, 2.24) is 0 Å². The molecule has 0 N–H and O–H groups in total. The monoisotopic (exact) mass is 838 g/mol. The van der Waals surface area contributed by atoms with Crippen molar-refractivity contribution in [1.29, 1.82) is 0 Å². The normalized spacial score (nSPS) is 11.0. The smallest absolute Gasteiger partial charge is 0.00264 e. The van der Waals surface area contributed by atoms with Crippen LogP contribution in [0, 0.1) is 0 Å². The average molecular weight is 839 g/mol. The zero-order valence-corrected chi connectivity index (χ0v) is 36.6. The quantitative estimate of drug-likeness (QED) is 0.0951. The molecule has 0 heterocycles. The molecule has 0 saturated carbocycles. The number of hydrogen-bond acceptors (Lipinski definition) is 0. The molecule has 0 aliphatic heterocycles. The predicted octanol–water partition coefficient (Wildman–Crippen LogP) is 17.8. The third-order valence-corrected chi connectivity index (χ3v) is 12.7. The SMILES string of the molecule is C(=C(c1ccccc1)c1ccccc1)c1ccc(-c2ccc(-c3c4ccccc4c(-c4ccc(-c5ccc(C=C(c6ccccc6)c6ccccc6)cc5)cc4)c4ccccc34)cc2)cc1. The van der Waals surface area contributed by atoms with E-state index in [1.807, 2.05) is 0 Å². The largest absolute Gasteiger partial charge is 0.0622 e. The van der Waals surface area contributed by atoms with Crippen LogP contribution >= 0.6 is 0 Å². The fourth-order valence-electron chi connectivity index (χ4n) is 9.42. The van der Waals surface area contributed by atoms with E-state index in [1.165, 1.54) is 111 Å². The van der Waals surface area contributed by atoms with Crippen molar-refractivity contribution in [2.45, 2.75) is 0 Å². The van der Waals surface area contributed by atoms with E-state index in [2.05, 4.69) is 279 Å². The first kappa shape index (κ1) is 40.2. The van der Waals surface area contributed by atoms with E-state index in [-0.39, 0.29) is 0 Å². The van der Waals surface area contributed by atoms with Gasteiger partial charge in [-0.3, -0.25) is 0 Å². The van der Waals surface area contributed by atoms with Gasteiger partial charge in [0, 0.05) is 0 Å². The highest BCUT2D eigenvalue weighted by Crippen LogP contribution is 2.44. The zero-order valence-electron chi connectivity index (χ0n) is 36.6. The van der Waals surface area contributed by atoms with Crippen molar-refractivity contribution in [3.8, 4) is 44.5 Å². The van der Waals surface area contributed by atoms with Gasteiger partial charge in [-0.2, -0.15) is 0 Å². The van der Waals surface area contributed by atoms with Crippen molar-refractivity contribution in [3.63, 3.8) is 0 Å². The lowest BCUT2D eigenvalue weighted by Gasteiger charge is -2.18. The van der Waals surface area contributed by atoms with E-state index in [4.69, 9.17) is 0 Å². The first-order chi connectivity index (χ1) is 32.7. The van der Waals surface area contributed by atoms with Gasteiger partial charge in [0.1, 0.15) is 0 Å². The van der Waals surface area contributed by atoms with Crippen LogP contribution in [0.2, 0.25) is 0 Å². The summed E-state index contributed by atoms with van der Waals surface area (Å²) in [6.45, 7) is 0. The van der Waals surface area contributed by atoms with E-state index < -0.39 is 0 Å². The second-order valence-corrected chi connectivity index (χ2v) is 16.8. The molecular formula is C66H46. The van der Waals surface area contributed by atoms with Crippen LogP contribution in [0.25, 0.3) is 89.4 Å². The maximum absolute atomic E-state index is 2.29. The number of benzene rings is 11. The van der Waals surface area contributed by atoms with Gasteiger partial charge in [-0.25, -0.2) is 0 Å². The van der Waals surface area contributed by atoms with Gasteiger partial charge < -0.3 is 0 Å². The van der Waals surface area contributed by atoms with Gasteiger partial charge in [-0.05, 0) is 123 Å². The van der Waals surface area contributed by atoms with E-state index in [0.717, 1.165) is 0 Å². The Balaban J connectivity index is 0.890. The van der Waals surface area contributed by atoms with Crippen LogP contribution in [-0.2, 0) is 0 Å². The van der Waals surface area contributed by atoms with Gasteiger partial charge >= 0.3 is 0 Å². The van der Waals surface area contributed by atoms with Gasteiger partial charge in [-0.15, -0.1) is 0 Å². The molecular weight excluding hydrogens is 793 g/mol. The summed E-state index contributed by atoms with van der Waals surface area (Å²) in [7, 11) is 0. The lowest BCUT2D eigenvalue weighted by atomic mass is 9.85. The molecule has 0 amide bonds. The van der Waals surface area contributed by atoms with Crippen LogP contribution < -0.4 is 0 Å². The number of rotatable bonds is 10. The predicted molar refractivity (Wildman–Crippen MR) is 283 cm³/mol. The summed E-state index contributed by atoms with van der Waals surface area (Å²) in [5.41, 5.74) is 19.3. The summed E-state index contributed by atoms with van der Waals surface area (Å²) in [5, 5.41) is 5.00. The molecule has 0 radical (unpaired) electrons. The Morgan fingerprint density at radius 3 is 0.667 bits per heavy atom. The second-order valence-electron chi connectivity index (χ2n) is 16.8. The molecule has 0 aromatic heterocycles. The Bertz CT molecular complexity index is 3100. The summed E-state index contributed by atoms with van der Waals surface area (Å²) in [5.74, 6) is 0. The maximum atomic E-state index is 2.29. The Labute approximate surface area is 387 Å². The van der Waals surface area contributed by atoms with Gasteiger partial charge in [0.2, 0.25) is 0 Å². The van der Waals surface area contributed by atoms with Crippen LogP contribution in [0.4, 0.5) is 0 Å². The molecule has 0 bridgehead atoms.